The van der Waals surface area contributed by atoms with Crippen LogP contribution in [0.5, 0.6) is 0 Å². The van der Waals surface area contributed by atoms with E-state index in [1.807, 2.05) is 13.8 Å². The van der Waals surface area contributed by atoms with Crippen molar-refractivity contribution >= 4 is 11.6 Å². The second kappa shape index (κ2) is 7.84. The Labute approximate surface area is 108 Å². The van der Waals surface area contributed by atoms with Crippen LogP contribution in [0.2, 0.25) is 0 Å². The highest BCUT2D eigenvalue weighted by Gasteiger charge is 2.05. The van der Waals surface area contributed by atoms with Crippen molar-refractivity contribution in [1.29, 1.82) is 0 Å². The summed E-state index contributed by atoms with van der Waals surface area (Å²) in [6.45, 7) is 6.50. The van der Waals surface area contributed by atoms with Crippen LogP contribution < -0.4 is 11.1 Å². The average molecular weight is 254 g/mol. The fourth-order valence-corrected chi connectivity index (χ4v) is 1.45. The molecule has 0 spiro atoms. The maximum absolute atomic E-state index is 5.78. The molecule has 1 aromatic heterocycles. The molecule has 6 heteroatoms. The molecular formula is C12H22N4O2. The summed E-state index contributed by atoms with van der Waals surface area (Å²) in [6.07, 6.45) is 0.909. The second-order valence-corrected chi connectivity index (χ2v) is 4.02. The number of ether oxygens (including phenoxy) is 2. The monoisotopic (exact) mass is 254 g/mol. The van der Waals surface area contributed by atoms with Crippen LogP contribution in [0.15, 0.2) is 0 Å². The summed E-state index contributed by atoms with van der Waals surface area (Å²) in [5.74, 6) is 2.01. The number of hydrogen-bond acceptors (Lipinski definition) is 6. The van der Waals surface area contributed by atoms with Gasteiger partial charge in [0.25, 0.3) is 0 Å². The Morgan fingerprint density at radius 3 is 2.67 bits per heavy atom. The highest BCUT2D eigenvalue weighted by Crippen LogP contribution is 2.16. The third kappa shape index (κ3) is 4.85. The maximum atomic E-state index is 5.78. The summed E-state index contributed by atoms with van der Waals surface area (Å²) in [5, 5.41) is 3.24. The van der Waals surface area contributed by atoms with E-state index >= 15 is 0 Å². The van der Waals surface area contributed by atoms with Gasteiger partial charge in [0.05, 0.1) is 13.2 Å². The van der Waals surface area contributed by atoms with E-state index in [0.29, 0.717) is 31.5 Å². The van der Waals surface area contributed by atoms with E-state index in [0.717, 1.165) is 24.3 Å². The first-order valence-electron chi connectivity index (χ1n) is 6.06. The van der Waals surface area contributed by atoms with Gasteiger partial charge in [0.15, 0.2) is 0 Å². The standard InChI is InChI=1S/C12H22N4O2/c1-9-11(13)15-10(2)16-12(9)14-5-4-6-18-8-7-17-3/h4-8H2,1-3H3,(H3,13,14,15,16). The predicted molar refractivity (Wildman–Crippen MR) is 71.7 cm³/mol. The van der Waals surface area contributed by atoms with Crippen molar-refractivity contribution < 1.29 is 9.47 Å². The lowest BCUT2D eigenvalue weighted by atomic mass is 10.3. The van der Waals surface area contributed by atoms with Crippen LogP contribution in [0.4, 0.5) is 11.6 Å². The molecule has 0 aliphatic carbocycles. The molecule has 0 fully saturated rings. The Balaban J connectivity index is 2.27. The number of aryl methyl sites for hydroxylation is 1. The number of nitrogens with zero attached hydrogens (tertiary/aromatic N) is 2. The highest BCUT2D eigenvalue weighted by atomic mass is 16.5. The number of nitrogens with two attached hydrogens (primary N) is 1. The molecule has 0 aromatic carbocycles. The first kappa shape index (κ1) is 14.7. The molecule has 0 bridgehead atoms. The van der Waals surface area contributed by atoms with E-state index in [-0.39, 0.29) is 0 Å². The van der Waals surface area contributed by atoms with Crippen molar-refractivity contribution in [3.63, 3.8) is 0 Å². The molecule has 0 atom stereocenters. The Morgan fingerprint density at radius 1 is 1.17 bits per heavy atom. The largest absolute Gasteiger partial charge is 0.383 e. The second-order valence-electron chi connectivity index (χ2n) is 4.02. The lowest BCUT2D eigenvalue weighted by Gasteiger charge is -2.10. The average Bonchev–Trinajstić information content (AvgIpc) is 2.33. The molecule has 0 saturated heterocycles. The molecular weight excluding hydrogens is 232 g/mol. The van der Waals surface area contributed by atoms with Gasteiger partial charge in [-0.1, -0.05) is 0 Å². The molecule has 0 radical (unpaired) electrons. The van der Waals surface area contributed by atoms with Crippen molar-refractivity contribution in [3.8, 4) is 0 Å². The van der Waals surface area contributed by atoms with Crippen LogP contribution in [0.25, 0.3) is 0 Å². The van der Waals surface area contributed by atoms with Crippen molar-refractivity contribution in [2.45, 2.75) is 20.3 Å². The number of nitrogens with one attached hydrogen (secondary N) is 1. The van der Waals surface area contributed by atoms with Gasteiger partial charge in [0.2, 0.25) is 0 Å². The van der Waals surface area contributed by atoms with Gasteiger partial charge in [-0.2, -0.15) is 0 Å². The van der Waals surface area contributed by atoms with Gasteiger partial charge in [-0.05, 0) is 20.3 Å². The van der Waals surface area contributed by atoms with Gasteiger partial charge in [0.1, 0.15) is 17.5 Å². The molecule has 1 heterocycles. The quantitative estimate of drug-likeness (QED) is 0.677. The summed E-state index contributed by atoms with van der Waals surface area (Å²) in [5.41, 5.74) is 6.67. The highest BCUT2D eigenvalue weighted by molar-refractivity contribution is 5.54. The maximum Gasteiger partial charge on any atom is 0.134 e. The van der Waals surface area contributed by atoms with E-state index < -0.39 is 0 Å². The van der Waals surface area contributed by atoms with Crippen molar-refractivity contribution in [2.75, 3.05) is 44.5 Å². The molecule has 1 rings (SSSR count). The van der Waals surface area contributed by atoms with E-state index in [4.69, 9.17) is 15.2 Å². The first-order valence-corrected chi connectivity index (χ1v) is 6.06. The first-order chi connectivity index (χ1) is 8.65. The predicted octanol–water partition coefficient (Wildman–Crippen LogP) is 1.14. The molecule has 0 amide bonds. The third-order valence-corrected chi connectivity index (χ3v) is 2.48. The molecule has 1 aromatic rings. The molecule has 0 saturated carbocycles. The molecule has 0 aliphatic heterocycles. The minimum atomic E-state index is 0.529. The summed E-state index contributed by atoms with van der Waals surface area (Å²) < 4.78 is 10.3. The molecule has 0 aliphatic rings. The minimum Gasteiger partial charge on any atom is -0.383 e. The summed E-state index contributed by atoms with van der Waals surface area (Å²) in [6, 6.07) is 0. The van der Waals surface area contributed by atoms with Gasteiger partial charge in [-0.25, -0.2) is 9.97 Å². The Kier molecular flexibility index (Phi) is 6.38. The van der Waals surface area contributed by atoms with Crippen LogP contribution >= 0.6 is 0 Å². The van der Waals surface area contributed by atoms with Crippen LogP contribution in [0, 0.1) is 13.8 Å². The van der Waals surface area contributed by atoms with Gasteiger partial charge in [0, 0.05) is 25.8 Å². The van der Waals surface area contributed by atoms with E-state index in [1.54, 1.807) is 7.11 Å². The topological polar surface area (TPSA) is 82.3 Å². The van der Waals surface area contributed by atoms with Crippen molar-refractivity contribution in [1.82, 2.24) is 9.97 Å². The zero-order chi connectivity index (χ0) is 13.4. The zero-order valence-electron chi connectivity index (χ0n) is 11.3. The van der Waals surface area contributed by atoms with Gasteiger partial charge in [-0.3, -0.25) is 0 Å². The number of rotatable bonds is 8. The van der Waals surface area contributed by atoms with Crippen LogP contribution in [-0.4, -0.2) is 43.4 Å². The summed E-state index contributed by atoms with van der Waals surface area (Å²) in [7, 11) is 1.66. The van der Waals surface area contributed by atoms with Crippen LogP contribution in [-0.2, 0) is 9.47 Å². The SMILES string of the molecule is COCCOCCCNc1nc(C)nc(N)c1C. The Hall–Kier alpha value is -1.40. The number of methoxy groups -OCH3 is 1. The van der Waals surface area contributed by atoms with E-state index in [1.165, 1.54) is 0 Å². The third-order valence-electron chi connectivity index (χ3n) is 2.48. The molecule has 6 nitrogen and oxygen atoms in total. The van der Waals surface area contributed by atoms with E-state index in [2.05, 4.69) is 15.3 Å². The van der Waals surface area contributed by atoms with Crippen molar-refractivity contribution in [2.24, 2.45) is 0 Å². The fraction of sp³-hybridized carbons (Fsp3) is 0.667. The molecule has 102 valence electrons. The smallest absolute Gasteiger partial charge is 0.134 e. The Morgan fingerprint density at radius 2 is 1.94 bits per heavy atom. The summed E-state index contributed by atoms with van der Waals surface area (Å²) in [4.78, 5) is 8.42. The lowest BCUT2D eigenvalue weighted by molar-refractivity contribution is 0.0705. The molecule has 0 unspecified atom stereocenters. The van der Waals surface area contributed by atoms with Crippen molar-refractivity contribution in [3.05, 3.63) is 11.4 Å². The number of hydrogen-bond donors (Lipinski definition) is 2. The van der Waals surface area contributed by atoms with E-state index in [9.17, 15) is 0 Å². The Bertz CT molecular complexity index is 371. The fourth-order valence-electron chi connectivity index (χ4n) is 1.45. The lowest BCUT2D eigenvalue weighted by Crippen LogP contribution is -2.11. The number of nitrogen functional groups attached to an aromatic ring is 1. The molecule has 18 heavy (non-hydrogen) atoms. The number of anilines is 2. The van der Waals surface area contributed by atoms with Crippen LogP contribution in [0.3, 0.4) is 0 Å². The van der Waals surface area contributed by atoms with Gasteiger partial charge in [-0.15, -0.1) is 0 Å². The minimum absolute atomic E-state index is 0.529. The normalized spacial score (nSPS) is 10.6. The summed E-state index contributed by atoms with van der Waals surface area (Å²) >= 11 is 0. The zero-order valence-corrected chi connectivity index (χ0v) is 11.3. The van der Waals surface area contributed by atoms with Gasteiger partial charge < -0.3 is 20.5 Å². The van der Waals surface area contributed by atoms with Gasteiger partial charge >= 0.3 is 0 Å². The number of aromatic nitrogens is 2. The molecule has 3 N–H and O–H groups in total. The van der Waals surface area contributed by atoms with Crippen LogP contribution in [0.1, 0.15) is 17.8 Å².